The van der Waals surface area contributed by atoms with E-state index in [-0.39, 0.29) is 0 Å². The highest BCUT2D eigenvalue weighted by molar-refractivity contribution is 14.1. The van der Waals surface area contributed by atoms with E-state index < -0.39 is 0 Å². The number of para-hydroxylation sites is 1. The van der Waals surface area contributed by atoms with Crippen LogP contribution in [0.2, 0.25) is 0 Å². The van der Waals surface area contributed by atoms with Crippen LogP contribution < -0.4 is 0 Å². The summed E-state index contributed by atoms with van der Waals surface area (Å²) in [5.74, 6) is 0. The zero-order chi connectivity index (χ0) is 18.8. The van der Waals surface area contributed by atoms with E-state index in [1.165, 1.54) is 45.2 Å². The van der Waals surface area contributed by atoms with E-state index in [2.05, 4.69) is 117 Å². The monoisotopic (exact) mass is 584 g/mol. The molecule has 0 saturated heterocycles. The third kappa shape index (κ3) is 2.47. The zero-order valence-corrected chi connectivity index (χ0v) is 19.1. The van der Waals surface area contributed by atoms with Crippen molar-refractivity contribution in [1.29, 1.82) is 0 Å². The maximum atomic E-state index is 5.18. The van der Waals surface area contributed by atoms with Crippen LogP contribution in [0.4, 0.5) is 5.69 Å². The Kier molecular flexibility index (Phi) is 3.81. The SMILES string of the molecule is Ic1ccc2c(c1)c1c(c3cc(I)ccc32)N=C(c2c[nH]c3ccccc23)C1. The molecule has 1 N–H and O–H groups in total. The molecule has 2 nitrogen and oxygen atoms in total. The van der Waals surface area contributed by atoms with Crippen molar-refractivity contribution in [3.05, 3.63) is 85.1 Å². The van der Waals surface area contributed by atoms with Crippen molar-refractivity contribution in [2.75, 3.05) is 0 Å². The molecule has 0 amide bonds. The molecule has 0 unspecified atom stereocenters. The largest absolute Gasteiger partial charge is 0.360 e. The number of fused-ring (bicyclic) bond motifs is 7. The number of nitrogens with zero attached hydrogens (tertiary/aromatic N) is 1. The van der Waals surface area contributed by atoms with E-state index in [0.29, 0.717) is 0 Å². The molecular weight excluding hydrogens is 570 g/mol. The lowest BCUT2D eigenvalue weighted by Gasteiger charge is -2.11. The Morgan fingerprint density at radius 3 is 2.29 bits per heavy atom. The first-order valence-electron chi connectivity index (χ1n) is 9.16. The molecule has 28 heavy (non-hydrogen) atoms. The summed E-state index contributed by atoms with van der Waals surface area (Å²) in [6.07, 6.45) is 2.97. The van der Waals surface area contributed by atoms with Crippen LogP contribution in [-0.4, -0.2) is 10.7 Å². The highest BCUT2D eigenvalue weighted by Gasteiger charge is 2.24. The summed E-state index contributed by atoms with van der Waals surface area (Å²) < 4.78 is 2.51. The molecular formula is C24H14I2N2. The number of rotatable bonds is 1. The number of aromatic amines is 1. The molecule has 1 aliphatic heterocycles. The summed E-state index contributed by atoms with van der Waals surface area (Å²) in [4.78, 5) is 8.59. The van der Waals surface area contributed by atoms with Crippen LogP contribution in [0.5, 0.6) is 0 Å². The number of aromatic nitrogens is 1. The average Bonchev–Trinajstić information content (AvgIpc) is 3.32. The first-order chi connectivity index (χ1) is 13.7. The molecule has 2 heterocycles. The van der Waals surface area contributed by atoms with Crippen molar-refractivity contribution >= 4 is 89.0 Å². The van der Waals surface area contributed by atoms with Gasteiger partial charge in [-0.2, -0.15) is 0 Å². The Bertz CT molecular complexity index is 1460. The van der Waals surface area contributed by atoms with Gasteiger partial charge in [0.1, 0.15) is 0 Å². The number of hydrogen-bond acceptors (Lipinski definition) is 1. The summed E-state index contributed by atoms with van der Waals surface area (Å²) >= 11 is 4.80. The lowest BCUT2D eigenvalue weighted by Crippen LogP contribution is -1.99. The quantitative estimate of drug-likeness (QED) is 0.158. The molecule has 0 saturated carbocycles. The van der Waals surface area contributed by atoms with Crippen molar-refractivity contribution in [2.24, 2.45) is 4.99 Å². The second-order valence-corrected chi connectivity index (χ2v) is 9.68. The fourth-order valence-electron chi connectivity index (χ4n) is 4.35. The number of benzene rings is 4. The van der Waals surface area contributed by atoms with Crippen molar-refractivity contribution < 1.29 is 0 Å². The van der Waals surface area contributed by atoms with Crippen LogP contribution >= 0.6 is 45.2 Å². The fraction of sp³-hybridized carbons (Fsp3) is 0.0417. The second-order valence-electron chi connectivity index (χ2n) is 7.19. The lowest BCUT2D eigenvalue weighted by atomic mass is 9.93. The Morgan fingerprint density at radius 2 is 1.46 bits per heavy atom. The molecule has 4 aromatic carbocycles. The summed E-state index contributed by atoms with van der Waals surface area (Å²) in [5, 5.41) is 6.43. The van der Waals surface area contributed by atoms with Crippen molar-refractivity contribution in [3.8, 4) is 0 Å². The molecule has 0 aliphatic carbocycles. The number of H-pyrrole nitrogens is 1. The van der Waals surface area contributed by atoms with Gasteiger partial charge in [0.2, 0.25) is 0 Å². The highest BCUT2D eigenvalue weighted by Crippen LogP contribution is 2.43. The molecule has 0 bridgehead atoms. The molecule has 5 aromatic rings. The van der Waals surface area contributed by atoms with E-state index in [0.717, 1.165) is 23.3 Å². The zero-order valence-electron chi connectivity index (χ0n) is 14.8. The molecule has 1 aliphatic rings. The highest BCUT2D eigenvalue weighted by atomic mass is 127. The van der Waals surface area contributed by atoms with E-state index >= 15 is 0 Å². The normalized spacial score (nSPS) is 13.4. The van der Waals surface area contributed by atoms with Gasteiger partial charge < -0.3 is 4.98 Å². The Balaban J connectivity index is 1.68. The van der Waals surface area contributed by atoms with Crippen molar-refractivity contribution in [2.45, 2.75) is 6.42 Å². The maximum absolute atomic E-state index is 5.18. The number of halogens is 2. The molecule has 134 valence electrons. The van der Waals surface area contributed by atoms with Crippen molar-refractivity contribution in [1.82, 2.24) is 4.98 Å². The van der Waals surface area contributed by atoms with Gasteiger partial charge in [0.05, 0.1) is 11.4 Å². The standard InChI is InChI=1S/C24H14I2N2/c25-13-5-7-15-16-8-6-14(26)10-19(16)24-20(18(15)9-13)11-23(28-24)21-12-27-22-4-2-1-3-17(21)22/h1-10,12,27H,11H2. The molecule has 4 heteroatoms. The average molecular weight is 584 g/mol. The summed E-state index contributed by atoms with van der Waals surface area (Å²) in [6.45, 7) is 0. The van der Waals surface area contributed by atoms with Gasteiger partial charge in [0.15, 0.2) is 0 Å². The van der Waals surface area contributed by atoms with Crippen molar-refractivity contribution in [3.63, 3.8) is 0 Å². The van der Waals surface area contributed by atoms with Crippen LogP contribution in [-0.2, 0) is 6.42 Å². The van der Waals surface area contributed by atoms with Gasteiger partial charge in [-0.3, -0.25) is 4.99 Å². The minimum atomic E-state index is 0.870. The predicted molar refractivity (Wildman–Crippen MR) is 135 cm³/mol. The van der Waals surface area contributed by atoms with Gasteiger partial charge in [-0.1, -0.05) is 30.3 Å². The minimum absolute atomic E-state index is 0.870. The summed E-state index contributed by atoms with van der Waals surface area (Å²) in [6, 6.07) is 21.9. The number of aliphatic imine (C=N–C) groups is 1. The molecule has 0 radical (unpaired) electrons. The smallest absolute Gasteiger partial charge is 0.0754 e. The Hall–Kier alpha value is -1.93. The number of nitrogens with one attached hydrogen (secondary N) is 1. The third-order valence-corrected chi connectivity index (χ3v) is 6.95. The fourth-order valence-corrected chi connectivity index (χ4v) is 5.34. The Morgan fingerprint density at radius 1 is 0.750 bits per heavy atom. The second kappa shape index (κ2) is 6.29. The van der Waals surface area contributed by atoms with E-state index in [1.54, 1.807) is 0 Å². The van der Waals surface area contributed by atoms with E-state index in [1.807, 2.05) is 0 Å². The van der Waals surface area contributed by atoms with Gasteiger partial charge >= 0.3 is 0 Å². The Labute approximate surface area is 189 Å². The summed E-state index contributed by atoms with van der Waals surface area (Å²) in [7, 11) is 0. The van der Waals surface area contributed by atoms with Crippen LogP contribution in [0.1, 0.15) is 11.1 Å². The molecule has 1 aromatic heterocycles. The minimum Gasteiger partial charge on any atom is -0.360 e. The van der Waals surface area contributed by atoms with E-state index in [4.69, 9.17) is 4.99 Å². The molecule has 0 spiro atoms. The lowest BCUT2D eigenvalue weighted by molar-refractivity contribution is 1.42. The van der Waals surface area contributed by atoms with Crippen LogP contribution in [0, 0.1) is 7.14 Å². The van der Waals surface area contributed by atoms with Crippen LogP contribution in [0.25, 0.3) is 32.4 Å². The third-order valence-electron chi connectivity index (χ3n) is 5.61. The molecule has 0 fully saturated rings. The predicted octanol–water partition coefficient (Wildman–Crippen LogP) is 7.36. The van der Waals surface area contributed by atoms with Gasteiger partial charge in [0, 0.05) is 41.6 Å². The maximum Gasteiger partial charge on any atom is 0.0754 e. The van der Waals surface area contributed by atoms with Gasteiger partial charge in [0.25, 0.3) is 0 Å². The van der Waals surface area contributed by atoms with Gasteiger partial charge in [-0.05, 0) is 97.2 Å². The van der Waals surface area contributed by atoms with Gasteiger partial charge in [-0.15, -0.1) is 0 Å². The topological polar surface area (TPSA) is 28.1 Å². The van der Waals surface area contributed by atoms with Crippen LogP contribution in [0.15, 0.2) is 71.9 Å². The first-order valence-corrected chi connectivity index (χ1v) is 11.3. The van der Waals surface area contributed by atoms with Crippen LogP contribution in [0.3, 0.4) is 0 Å². The first kappa shape index (κ1) is 17.0. The van der Waals surface area contributed by atoms with Gasteiger partial charge in [-0.25, -0.2) is 0 Å². The molecule has 6 rings (SSSR count). The van der Waals surface area contributed by atoms with E-state index in [9.17, 15) is 0 Å². The molecule has 0 atom stereocenters. The summed E-state index contributed by atoms with van der Waals surface area (Å²) in [5.41, 5.74) is 6.02. The number of hydrogen-bond donors (Lipinski definition) is 1.